The predicted octanol–water partition coefficient (Wildman–Crippen LogP) is 2.33. The van der Waals surface area contributed by atoms with Crippen molar-refractivity contribution in [3.63, 3.8) is 0 Å². The van der Waals surface area contributed by atoms with E-state index in [1.807, 2.05) is 25.1 Å². The molecule has 1 atom stereocenters. The largest absolute Gasteiger partial charge is 0.396 e. The van der Waals surface area contributed by atoms with E-state index in [1.165, 1.54) is 0 Å². The van der Waals surface area contributed by atoms with Crippen molar-refractivity contribution in [3.05, 3.63) is 18.2 Å². The topological polar surface area (TPSA) is 57.2 Å². The van der Waals surface area contributed by atoms with Gasteiger partial charge in [0.15, 0.2) is 0 Å². The standard InChI is InChI=1S/C13H23N3O/c1-4-14-12-6-5-7-13(16-12)15-11(8-9-17)10(2)3/h5-7,10-11,17H,4,8-9H2,1-3H3,(H2,14,15,16). The van der Waals surface area contributed by atoms with Gasteiger partial charge in [0, 0.05) is 19.2 Å². The zero-order valence-corrected chi connectivity index (χ0v) is 10.9. The van der Waals surface area contributed by atoms with E-state index >= 15 is 0 Å². The first-order valence-corrected chi connectivity index (χ1v) is 6.25. The Morgan fingerprint density at radius 3 is 2.59 bits per heavy atom. The van der Waals surface area contributed by atoms with E-state index in [9.17, 15) is 0 Å². The molecule has 4 heteroatoms. The Hall–Kier alpha value is -1.29. The Morgan fingerprint density at radius 1 is 1.29 bits per heavy atom. The van der Waals surface area contributed by atoms with Crippen LogP contribution in [0.5, 0.6) is 0 Å². The van der Waals surface area contributed by atoms with Crippen LogP contribution in [0.3, 0.4) is 0 Å². The summed E-state index contributed by atoms with van der Waals surface area (Å²) in [6.45, 7) is 7.39. The summed E-state index contributed by atoms with van der Waals surface area (Å²) >= 11 is 0. The van der Waals surface area contributed by atoms with Crippen LogP contribution in [0.1, 0.15) is 27.2 Å². The van der Waals surface area contributed by atoms with E-state index in [0.717, 1.165) is 24.6 Å². The van der Waals surface area contributed by atoms with Gasteiger partial charge in [-0.3, -0.25) is 0 Å². The zero-order chi connectivity index (χ0) is 12.7. The number of hydrogen-bond donors (Lipinski definition) is 3. The second-order valence-corrected chi connectivity index (χ2v) is 4.45. The molecule has 1 aromatic rings. The third-order valence-corrected chi connectivity index (χ3v) is 2.69. The van der Waals surface area contributed by atoms with Crippen LogP contribution in [-0.4, -0.2) is 29.3 Å². The van der Waals surface area contributed by atoms with Crippen LogP contribution in [-0.2, 0) is 0 Å². The summed E-state index contributed by atoms with van der Waals surface area (Å²) in [7, 11) is 0. The lowest BCUT2D eigenvalue weighted by Gasteiger charge is -2.22. The molecule has 0 amide bonds. The van der Waals surface area contributed by atoms with Crippen molar-refractivity contribution in [3.8, 4) is 0 Å². The van der Waals surface area contributed by atoms with Crippen LogP contribution in [0.15, 0.2) is 18.2 Å². The Labute approximate surface area is 103 Å². The highest BCUT2D eigenvalue weighted by Gasteiger charge is 2.12. The number of aliphatic hydroxyl groups is 1. The fourth-order valence-electron chi connectivity index (χ4n) is 1.70. The zero-order valence-electron chi connectivity index (χ0n) is 10.9. The Morgan fingerprint density at radius 2 is 2.00 bits per heavy atom. The van der Waals surface area contributed by atoms with E-state index in [-0.39, 0.29) is 12.6 Å². The predicted molar refractivity (Wildman–Crippen MR) is 72.4 cm³/mol. The molecule has 0 bridgehead atoms. The minimum absolute atomic E-state index is 0.197. The van der Waals surface area contributed by atoms with Gasteiger partial charge < -0.3 is 15.7 Å². The number of nitrogens with one attached hydrogen (secondary N) is 2. The summed E-state index contributed by atoms with van der Waals surface area (Å²) < 4.78 is 0. The van der Waals surface area contributed by atoms with Crippen LogP contribution in [0.25, 0.3) is 0 Å². The van der Waals surface area contributed by atoms with Gasteiger partial charge in [0.25, 0.3) is 0 Å². The average Bonchev–Trinajstić information content (AvgIpc) is 2.29. The summed E-state index contributed by atoms with van der Waals surface area (Å²) in [6.07, 6.45) is 0.741. The second kappa shape index (κ2) is 7.12. The fraction of sp³-hybridized carbons (Fsp3) is 0.615. The van der Waals surface area contributed by atoms with Crippen molar-refractivity contribution in [1.29, 1.82) is 0 Å². The highest BCUT2D eigenvalue weighted by atomic mass is 16.3. The van der Waals surface area contributed by atoms with Gasteiger partial charge in [0.1, 0.15) is 11.6 Å². The monoisotopic (exact) mass is 237 g/mol. The van der Waals surface area contributed by atoms with Crippen molar-refractivity contribution in [1.82, 2.24) is 4.98 Å². The van der Waals surface area contributed by atoms with Gasteiger partial charge in [-0.15, -0.1) is 0 Å². The molecule has 1 aromatic heterocycles. The molecule has 1 unspecified atom stereocenters. The summed E-state index contributed by atoms with van der Waals surface area (Å²) in [5.41, 5.74) is 0. The molecule has 1 rings (SSSR count). The van der Waals surface area contributed by atoms with Crippen molar-refractivity contribution < 1.29 is 5.11 Å². The molecule has 0 aromatic carbocycles. The van der Waals surface area contributed by atoms with Crippen molar-refractivity contribution in [2.24, 2.45) is 5.92 Å². The quantitative estimate of drug-likeness (QED) is 0.681. The first-order valence-electron chi connectivity index (χ1n) is 6.25. The number of hydrogen-bond acceptors (Lipinski definition) is 4. The minimum Gasteiger partial charge on any atom is -0.396 e. The SMILES string of the molecule is CCNc1cccc(NC(CCO)C(C)C)n1. The third kappa shape index (κ3) is 4.61. The smallest absolute Gasteiger partial charge is 0.128 e. The molecule has 0 saturated carbocycles. The number of rotatable bonds is 7. The highest BCUT2D eigenvalue weighted by Crippen LogP contribution is 2.15. The molecule has 0 aliphatic heterocycles. The lowest BCUT2D eigenvalue weighted by atomic mass is 10.0. The van der Waals surface area contributed by atoms with Crippen LogP contribution >= 0.6 is 0 Å². The van der Waals surface area contributed by atoms with Crippen molar-refractivity contribution in [2.75, 3.05) is 23.8 Å². The lowest BCUT2D eigenvalue weighted by molar-refractivity contribution is 0.267. The number of nitrogens with zero attached hydrogens (tertiary/aromatic N) is 1. The van der Waals surface area contributed by atoms with Crippen LogP contribution in [0, 0.1) is 5.92 Å². The third-order valence-electron chi connectivity index (χ3n) is 2.69. The van der Waals surface area contributed by atoms with Gasteiger partial charge in [-0.1, -0.05) is 19.9 Å². The summed E-state index contributed by atoms with van der Waals surface area (Å²) in [4.78, 5) is 4.46. The van der Waals surface area contributed by atoms with Gasteiger partial charge in [0.05, 0.1) is 0 Å². The Kier molecular flexibility index (Phi) is 5.77. The second-order valence-electron chi connectivity index (χ2n) is 4.45. The summed E-state index contributed by atoms with van der Waals surface area (Å²) in [5.74, 6) is 2.20. The number of anilines is 2. The maximum Gasteiger partial charge on any atom is 0.128 e. The fourth-order valence-corrected chi connectivity index (χ4v) is 1.70. The molecule has 0 aliphatic rings. The average molecular weight is 237 g/mol. The molecule has 0 fully saturated rings. The molecule has 3 N–H and O–H groups in total. The molecule has 0 spiro atoms. The normalized spacial score (nSPS) is 12.5. The molecule has 96 valence electrons. The van der Waals surface area contributed by atoms with Gasteiger partial charge >= 0.3 is 0 Å². The van der Waals surface area contributed by atoms with Gasteiger partial charge in [-0.2, -0.15) is 0 Å². The van der Waals surface area contributed by atoms with Gasteiger partial charge in [-0.25, -0.2) is 4.98 Å². The maximum absolute atomic E-state index is 9.03. The van der Waals surface area contributed by atoms with E-state index in [0.29, 0.717) is 5.92 Å². The molecular formula is C13H23N3O. The first kappa shape index (κ1) is 13.8. The first-order chi connectivity index (χ1) is 8.17. The summed E-state index contributed by atoms with van der Waals surface area (Å²) in [5, 5.41) is 15.6. The van der Waals surface area contributed by atoms with Crippen LogP contribution in [0.4, 0.5) is 11.6 Å². The molecular weight excluding hydrogens is 214 g/mol. The van der Waals surface area contributed by atoms with Gasteiger partial charge in [-0.05, 0) is 31.4 Å². The maximum atomic E-state index is 9.03. The molecule has 17 heavy (non-hydrogen) atoms. The number of pyridine rings is 1. The van der Waals surface area contributed by atoms with E-state index in [1.54, 1.807) is 0 Å². The highest BCUT2D eigenvalue weighted by molar-refractivity contribution is 5.45. The Balaban J connectivity index is 2.68. The van der Waals surface area contributed by atoms with E-state index < -0.39 is 0 Å². The molecule has 0 saturated heterocycles. The van der Waals surface area contributed by atoms with E-state index in [4.69, 9.17) is 5.11 Å². The van der Waals surface area contributed by atoms with Crippen molar-refractivity contribution in [2.45, 2.75) is 33.2 Å². The number of aliphatic hydroxyl groups excluding tert-OH is 1. The Bertz CT molecular complexity index is 328. The molecule has 4 nitrogen and oxygen atoms in total. The molecule has 0 aliphatic carbocycles. The molecule has 1 heterocycles. The van der Waals surface area contributed by atoms with Crippen molar-refractivity contribution >= 4 is 11.6 Å². The van der Waals surface area contributed by atoms with Gasteiger partial charge in [0.2, 0.25) is 0 Å². The number of aromatic nitrogens is 1. The molecule has 0 radical (unpaired) electrons. The summed E-state index contributed by atoms with van der Waals surface area (Å²) in [6, 6.07) is 6.13. The van der Waals surface area contributed by atoms with Crippen LogP contribution < -0.4 is 10.6 Å². The minimum atomic E-state index is 0.197. The van der Waals surface area contributed by atoms with Crippen LogP contribution in [0.2, 0.25) is 0 Å². The lowest BCUT2D eigenvalue weighted by Crippen LogP contribution is -2.27. The van der Waals surface area contributed by atoms with E-state index in [2.05, 4.69) is 29.5 Å².